The van der Waals surface area contributed by atoms with Crippen molar-refractivity contribution < 1.29 is 9.53 Å². The van der Waals surface area contributed by atoms with Gasteiger partial charge in [-0.3, -0.25) is 4.79 Å². The van der Waals surface area contributed by atoms with Gasteiger partial charge in [0.2, 0.25) is 5.91 Å². The average Bonchev–Trinajstić information content (AvgIpc) is 2.73. The van der Waals surface area contributed by atoms with E-state index in [1.165, 1.54) is 27.1 Å². The molecule has 3 rings (SSSR count). The van der Waals surface area contributed by atoms with Crippen LogP contribution in [0.4, 0.5) is 5.69 Å². The number of aryl methyl sites for hydroxylation is 3. The number of rotatable bonds is 6. The Morgan fingerprint density at radius 3 is 2.13 bits per heavy atom. The van der Waals surface area contributed by atoms with Gasteiger partial charge >= 0.3 is 0 Å². The van der Waals surface area contributed by atoms with Gasteiger partial charge in [-0.15, -0.1) is 11.8 Å². The minimum atomic E-state index is -0.380. The van der Waals surface area contributed by atoms with Crippen LogP contribution >= 0.6 is 11.8 Å². The van der Waals surface area contributed by atoms with Crippen LogP contribution in [0.15, 0.2) is 59.5 Å². The van der Waals surface area contributed by atoms with Gasteiger partial charge in [-0.1, -0.05) is 42.5 Å². The number of hydrogen-bond acceptors (Lipinski definition) is 3. The van der Waals surface area contributed by atoms with E-state index in [9.17, 15) is 4.79 Å². The lowest BCUT2D eigenvalue weighted by Crippen LogP contribution is -2.20. The number of carbonyl (C=O) groups excluding carboxylic acids is 1. The second-order valence-electron chi connectivity index (χ2n) is 7.69. The lowest BCUT2D eigenvalue weighted by Gasteiger charge is -2.22. The molecular weight excluding hydrogens is 390 g/mol. The van der Waals surface area contributed by atoms with Gasteiger partial charge in [-0.2, -0.15) is 0 Å². The summed E-state index contributed by atoms with van der Waals surface area (Å²) in [6.45, 7) is 10.5. The SMILES string of the molecule is COc1ccc(C)cc1NC(=O)[C@@H](Sc1c(C)c(C)cc(C)c1C)c1ccccc1. The van der Waals surface area contributed by atoms with E-state index in [1.807, 2.05) is 55.5 Å². The van der Waals surface area contributed by atoms with Crippen molar-refractivity contribution in [2.75, 3.05) is 12.4 Å². The van der Waals surface area contributed by atoms with Gasteiger partial charge in [-0.05, 0) is 80.1 Å². The molecule has 0 saturated carbocycles. The van der Waals surface area contributed by atoms with Crippen molar-refractivity contribution in [2.24, 2.45) is 0 Å². The third-order valence-electron chi connectivity index (χ3n) is 5.49. The lowest BCUT2D eigenvalue weighted by molar-refractivity contribution is -0.115. The van der Waals surface area contributed by atoms with Crippen molar-refractivity contribution in [1.29, 1.82) is 0 Å². The van der Waals surface area contributed by atoms with Crippen LogP contribution in [0.1, 0.15) is 38.6 Å². The number of anilines is 1. The highest BCUT2D eigenvalue weighted by molar-refractivity contribution is 8.00. The maximum atomic E-state index is 13.5. The molecule has 1 N–H and O–H groups in total. The summed E-state index contributed by atoms with van der Waals surface area (Å²) in [5, 5.41) is 2.72. The number of carbonyl (C=O) groups is 1. The van der Waals surface area contributed by atoms with E-state index in [2.05, 4.69) is 39.1 Å². The molecule has 0 bridgehead atoms. The Labute approximate surface area is 183 Å². The molecule has 3 aromatic carbocycles. The molecule has 0 aromatic heterocycles. The number of hydrogen-bond donors (Lipinski definition) is 1. The topological polar surface area (TPSA) is 38.3 Å². The Morgan fingerprint density at radius 1 is 0.900 bits per heavy atom. The standard InChI is InChI=1S/C26H29NO2S/c1-16-12-13-23(29-6)22(14-16)27-26(28)25(21-10-8-7-9-11-21)30-24-19(4)17(2)15-18(3)20(24)5/h7-15,25H,1-6H3,(H,27,28)/t25-/m0/s1. The van der Waals surface area contributed by atoms with Crippen LogP contribution < -0.4 is 10.1 Å². The molecule has 0 heterocycles. The zero-order chi connectivity index (χ0) is 21.8. The predicted molar refractivity (Wildman–Crippen MR) is 127 cm³/mol. The summed E-state index contributed by atoms with van der Waals surface area (Å²) in [6.07, 6.45) is 0. The van der Waals surface area contributed by atoms with E-state index in [1.54, 1.807) is 18.9 Å². The summed E-state index contributed by atoms with van der Waals surface area (Å²) in [5.74, 6) is 0.595. The van der Waals surface area contributed by atoms with Crippen LogP contribution in [0.2, 0.25) is 0 Å². The highest BCUT2D eigenvalue weighted by Gasteiger charge is 2.25. The third kappa shape index (κ3) is 4.71. The van der Waals surface area contributed by atoms with Crippen molar-refractivity contribution in [3.05, 3.63) is 88.0 Å². The maximum Gasteiger partial charge on any atom is 0.242 e. The molecule has 0 fully saturated rings. The van der Waals surface area contributed by atoms with Gasteiger partial charge in [0.25, 0.3) is 0 Å². The number of nitrogens with one attached hydrogen (secondary N) is 1. The van der Waals surface area contributed by atoms with Crippen LogP contribution in [0.3, 0.4) is 0 Å². The molecular formula is C26H29NO2S. The Bertz CT molecular complexity index is 1030. The zero-order valence-corrected chi connectivity index (χ0v) is 19.3. The molecule has 0 aliphatic heterocycles. The third-order valence-corrected chi connectivity index (χ3v) is 7.06. The van der Waals surface area contributed by atoms with Crippen molar-refractivity contribution in [3.63, 3.8) is 0 Å². The Morgan fingerprint density at radius 2 is 1.53 bits per heavy atom. The van der Waals surface area contributed by atoms with E-state index < -0.39 is 0 Å². The minimum Gasteiger partial charge on any atom is -0.495 e. The first-order valence-electron chi connectivity index (χ1n) is 10.1. The average molecular weight is 420 g/mol. The normalized spacial score (nSPS) is 11.8. The summed E-state index contributed by atoms with van der Waals surface area (Å²) in [5.41, 5.74) is 7.68. The van der Waals surface area contributed by atoms with Crippen molar-refractivity contribution >= 4 is 23.4 Å². The number of benzene rings is 3. The molecule has 0 spiro atoms. The first-order valence-corrected chi connectivity index (χ1v) is 10.9. The first kappa shape index (κ1) is 22.0. The van der Waals surface area contributed by atoms with Gasteiger partial charge in [0.15, 0.2) is 0 Å². The van der Waals surface area contributed by atoms with Crippen LogP contribution in [0.25, 0.3) is 0 Å². The Kier molecular flexibility index (Phi) is 6.88. The summed E-state index contributed by atoms with van der Waals surface area (Å²) >= 11 is 1.62. The quantitative estimate of drug-likeness (QED) is 0.451. The molecule has 156 valence electrons. The second kappa shape index (κ2) is 9.40. The molecule has 30 heavy (non-hydrogen) atoms. The molecule has 0 unspecified atom stereocenters. The van der Waals surface area contributed by atoms with Crippen LogP contribution in [-0.2, 0) is 4.79 Å². The second-order valence-corrected chi connectivity index (χ2v) is 8.81. The first-order chi connectivity index (χ1) is 14.3. The lowest BCUT2D eigenvalue weighted by atomic mass is 10.0. The molecule has 3 nitrogen and oxygen atoms in total. The number of ether oxygens (including phenoxy) is 1. The maximum absolute atomic E-state index is 13.5. The molecule has 0 saturated heterocycles. The number of amides is 1. The summed E-state index contributed by atoms with van der Waals surface area (Å²) in [6, 6.07) is 18.0. The molecule has 1 amide bonds. The fourth-order valence-electron chi connectivity index (χ4n) is 3.49. The largest absolute Gasteiger partial charge is 0.495 e. The molecule has 1 atom stereocenters. The van der Waals surface area contributed by atoms with Gasteiger partial charge in [-0.25, -0.2) is 0 Å². The zero-order valence-electron chi connectivity index (χ0n) is 18.5. The fraction of sp³-hybridized carbons (Fsp3) is 0.269. The van der Waals surface area contributed by atoms with Crippen LogP contribution in [-0.4, -0.2) is 13.0 Å². The summed E-state index contributed by atoms with van der Waals surface area (Å²) < 4.78 is 5.45. The van der Waals surface area contributed by atoms with Gasteiger partial charge in [0.05, 0.1) is 12.8 Å². The predicted octanol–water partition coefficient (Wildman–Crippen LogP) is 6.71. The molecule has 0 aliphatic rings. The number of thioether (sulfide) groups is 1. The van der Waals surface area contributed by atoms with Crippen molar-refractivity contribution in [3.8, 4) is 5.75 Å². The van der Waals surface area contributed by atoms with E-state index in [4.69, 9.17) is 4.74 Å². The van der Waals surface area contributed by atoms with Gasteiger partial charge < -0.3 is 10.1 Å². The number of methoxy groups -OCH3 is 1. The monoisotopic (exact) mass is 419 g/mol. The molecule has 0 aliphatic carbocycles. The molecule has 4 heteroatoms. The highest BCUT2D eigenvalue weighted by Crippen LogP contribution is 2.41. The minimum absolute atomic E-state index is 0.0620. The van der Waals surface area contributed by atoms with E-state index in [-0.39, 0.29) is 11.2 Å². The van der Waals surface area contributed by atoms with Crippen molar-refractivity contribution in [1.82, 2.24) is 0 Å². The van der Waals surface area contributed by atoms with Gasteiger partial charge in [0.1, 0.15) is 11.0 Å². The van der Waals surface area contributed by atoms with E-state index in [0.29, 0.717) is 11.4 Å². The fourth-order valence-corrected chi connectivity index (χ4v) is 4.86. The Hall–Kier alpha value is -2.72. The smallest absolute Gasteiger partial charge is 0.242 e. The molecule has 3 aromatic rings. The van der Waals surface area contributed by atoms with E-state index in [0.717, 1.165) is 11.1 Å². The van der Waals surface area contributed by atoms with E-state index >= 15 is 0 Å². The summed E-state index contributed by atoms with van der Waals surface area (Å²) in [4.78, 5) is 14.7. The summed E-state index contributed by atoms with van der Waals surface area (Å²) in [7, 11) is 1.62. The Balaban J connectivity index is 2.01. The van der Waals surface area contributed by atoms with Crippen molar-refractivity contribution in [2.45, 2.75) is 44.8 Å². The van der Waals surface area contributed by atoms with Crippen LogP contribution in [0, 0.1) is 34.6 Å². The van der Waals surface area contributed by atoms with Crippen LogP contribution in [0.5, 0.6) is 5.75 Å². The highest BCUT2D eigenvalue weighted by atomic mass is 32.2. The van der Waals surface area contributed by atoms with Gasteiger partial charge in [0, 0.05) is 4.90 Å². The molecule has 0 radical (unpaired) electrons.